The molecule has 36 heavy (non-hydrogen) atoms. The minimum absolute atomic E-state index is 0.0333. The highest BCUT2D eigenvalue weighted by Crippen LogP contribution is 2.35. The first-order valence-corrected chi connectivity index (χ1v) is 14.4. The highest BCUT2D eigenvalue weighted by Gasteiger charge is 2.32. The van der Waals surface area contributed by atoms with Crippen molar-refractivity contribution in [2.75, 3.05) is 39.4 Å². The number of rotatable bonds is 6. The van der Waals surface area contributed by atoms with E-state index in [-0.39, 0.29) is 17.0 Å². The number of fused-ring (bicyclic) bond motifs is 4. The Hall–Kier alpha value is -2.70. The molecule has 11 heteroatoms. The van der Waals surface area contributed by atoms with Gasteiger partial charge in [0, 0.05) is 55.7 Å². The van der Waals surface area contributed by atoms with E-state index in [1.54, 1.807) is 35.3 Å². The fourth-order valence-corrected chi connectivity index (χ4v) is 7.92. The minimum Gasteiger partial charge on any atom is -0.379 e. The maximum atomic E-state index is 13.6. The molecule has 2 aliphatic heterocycles. The number of benzene rings is 1. The van der Waals surface area contributed by atoms with Crippen molar-refractivity contribution in [3.05, 3.63) is 63.7 Å². The second-order valence-electron chi connectivity index (χ2n) is 9.15. The van der Waals surface area contributed by atoms with Crippen molar-refractivity contribution in [2.45, 2.75) is 30.8 Å². The minimum atomic E-state index is -3.75. The van der Waals surface area contributed by atoms with E-state index in [9.17, 15) is 13.2 Å². The molecule has 1 aromatic carbocycles. The molecule has 0 unspecified atom stereocenters. The number of hydrogen-bond donors (Lipinski definition) is 0. The third-order valence-electron chi connectivity index (χ3n) is 6.98. The van der Waals surface area contributed by atoms with Crippen molar-refractivity contribution in [3.8, 4) is 0 Å². The lowest BCUT2D eigenvalue weighted by Crippen LogP contribution is -2.37. The van der Waals surface area contributed by atoms with Crippen LogP contribution in [0.1, 0.15) is 16.9 Å². The average Bonchev–Trinajstić information content (AvgIpc) is 3.29. The van der Waals surface area contributed by atoms with E-state index >= 15 is 0 Å². The van der Waals surface area contributed by atoms with Crippen molar-refractivity contribution in [1.29, 1.82) is 0 Å². The quantitative estimate of drug-likeness (QED) is 0.382. The van der Waals surface area contributed by atoms with Gasteiger partial charge in [0.25, 0.3) is 5.56 Å². The number of aryl methyl sites for hydroxylation is 1. The molecule has 188 valence electrons. The van der Waals surface area contributed by atoms with Crippen molar-refractivity contribution < 1.29 is 13.2 Å². The van der Waals surface area contributed by atoms with Crippen LogP contribution in [-0.2, 0) is 34.3 Å². The van der Waals surface area contributed by atoms with Crippen molar-refractivity contribution >= 4 is 42.5 Å². The van der Waals surface area contributed by atoms with Crippen LogP contribution < -0.4 is 5.56 Å². The second-order valence-corrected chi connectivity index (χ2v) is 12.1. The number of para-hydroxylation sites is 1. The fraction of sp³-hybridized carbons (Fsp3) is 0.400. The van der Waals surface area contributed by atoms with E-state index in [1.165, 1.54) is 15.6 Å². The van der Waals surface area contributed by atoms with Gasteiger partial charge in [0.2, 0.25) is 10.0 Å². The van der Waals surface area contributed by atoms with Gasteiger partial charge in [-0.2, -0.15) is 4.31 Å². The van der Waals surface area contributed by atoms with Gasteiger partial charge in [0.1, 0.15) is 9.73 Å². The highest BCUT2D eigenvalue weighted by molar-refractivity contribution is 7.89. The van der Waals surface area contributed by atoms with Gasteiger partial charge in [-0.15, -0.1) is 11.3 Å². The van der Waals surface area contributed by atoms with Gasteiger partial charge >= 0.3 is 0 Å². The summed E-state index contributed by atoms with van der Waals surface area (Å²) in [7, 11) is -3.75. The van der Waals surface area contributed by atoms with Gasteiger partial charge < -0.3 is 4.74 Å². The first-order chi connectivity index (χ1) is 17.5. The Balaban J connectivity index is 1.25. The zero-order valence-corrected chi connectivity index (χ0v) is 21.4. The second kappa shape index (κ2) is 9.64. The Labute approximate surface area is 213 Å². The van der Waals surface area contributed by atoms with Crippen molar-refractivity contribution in [1.82, 2.24) is 23.7 Å². The monoisotopic (exact) mass is 525 g/mol. The van der Waals surface area contributed by atoms with Gasteiger partial charge in [-0.1, -0.05) is 18.2 Å². The third-order valence-corrected chi connectivity index (χ3v) is 9.98. The summed E-state index contributed by atoms with van der Waals surface area (Å²) in [6.07, 6.45) is 4.59. The van der Waals surface area contributed by atoms with E-state index in [0.717, 1.165) is 55.1 Å². The average molecular weight is 526 g/mol. The number of hydrogen-bond acceptors (Lipinski definition) is 8. The summed E-state index contributed by atoms with van der Waals surface area (Å²) in [6.45, 7) is 5.46. The lowest BCUT2D eigenvalue weighted by atomic mass is 10.1. The zero-order chi connectivity index (χ0) is 24.7. The van der Waals surface area contributed by atoms with Crippen molar-refractivity contribution in [2.24, 2.45) is 0 Å². The summed E-state index contributed by atoms with van der Waals surface area (Å²) >= 11 is 1.42. The van der Waals surface area contributed by atoms with Crippen LogP contribution in [0.4, 0.5) is 0 Å². The molecule has 3 aromatic heterocycles. The Morgan fingerprint density at radius 3 is 2.72 bits per heavy atom. The standard InChI is InChI=1S/C25H27N5O4S2/c31-25-22-19-7-11-30(36(32,33)21-6-1-4-18-5-2-8-26-23(18)21)16-20(19)35-24(22)27-17-29(25)10-3-9-28-12-14-34-15-13-28/h1-2,4-6,8,17H,3,7,9-16H2. The van der Waals surface area contributed by atoms with Crippen LogP contribution in [0, 0.1) is 0 Å². The third kappa shape index (κ3) is 4.24. The zero-order valence-electron chi connectivity index (χ0n) is 19.8. The fourth-order valence-electron chi connectivity index (χ4n) is 5.07. The van der Waals surface area contributed by atoms with E-state index in [4.69, 9.17) is 4.74 Å². The van der Waals surface area contributed by atoms with E-state index in [1.807, 2.05) is 12.1 Å². The number of pyridine rings is 1. The smallest absolute Gasteiger partial charge is 0.262 e. The Bertz CT molecular complexity index is 1590. The number of aromatic nitrogens is 3. The molecule has 5 heterocycles. The van der Waals surface area contributed by atoms with Crippen LogP contribution >= 0.6 is 11.3 Å². The summed E-state index contributed by atoms with van der Waals surface area (Å²) in [5, 5.41) is 1.43. The molecule has 9 nitrogen and oxygen atoms in total. The maximum Gasteiger partial charge on any atom is 0.262 e. The first-order valence-electron chi connectivity index (χ1n) is 12.2. The number of sulfonamides is 1. The largest absolute Gasteiger partial charge is 0.379 e. The van der Waals surface area contributed by atoms with E-state index < -0.39 is 10.0 Å². The Kier molecular flexibility index (Phi) is 6.34. The van der Waals surface area contributed by atoms with E-state index in [0.29, 0.717) is 35.2 Å². The van der Waals surface area contributed by atoms with Crippen LogP contribution in [-0.4, -0.2) is 71.6 Å². The summed E-state index contributed by atoms with van der Waals surface area (Å²) in [5.74, 6) is 0. The summed E-state index contributed by atoms with van der Waals surface area (Å²) in [4.78, 5) is 26.4. The molecule has 6 rings (SSSR count). The summed E-state index contributed by atoms with van der Waals surface area (Å²) < 4.78 is 35.8. The molecule has 0 aliphatic carbocycles. The molecule has 2 aliphatic rings. The molecular weight excluding hydrogens is 498 g/mol. The lowest BCUT2D eigenvalue weighted by Gasteiger charge is -2.26. The summed E-state index contributed by atoms with van der Waals surface area (Å²) in [5.41, 5.74) is 1.38. The molecule has 1 saturated heterocycles. The summed E-state index contributed by atoms with van der Waals surface area (Å²) in [6, 6.07) is 8.88. The molecule has 0 amide bonds. The van der Waals surface area contributed by atoms with Crippen LogP contribution in [0.2, 0.25) is 0 Å². The number of thiophene rings is 1. The van der Waals surface area contributed by atoms with Crippen LogP contribution in [0.3, 0.4) is 0 Å². The number of ether oxygens (including phenoxy) is 1. The van der Waals surface area contributed by atoms with E-state index in [2.05, 4.69) is 14.9 Å². The molecule has 0 spiro atoms. The molecule has 4 aromatic rings. The molecule has 0 N–H and O–H groups in total. The van der Waals surface area contributed by atoms with Crippen LogP contribution in [0.25, 0.3) is 21.1 Å². The normalized spacial score (nSPS) is 17.6. The number of nitrogens with zero attached hydrogens (tertiary/aromatic N) is 5. The van der Waals surface area contributed by atoms with Gasteiger partial charge in [0.15, 0.2) is 0 Å². The molecule has 0 radical (unpaired) electrons. The molecule has 0 saturated carbocycles. The topological polar surface area (TPSA) is 97.6 Å². The Morgan fingerprint density at radius 2 is 1.86 bits per heavy atom. The maximum absolute atomic E-state index is 13.6. The predicted molar refractivity (Wildman–Crippen MR) is 139 cm³/mol. The molecule has 1 fully saturated rings. The first kappa shape index (κ1) is 23.7. The lowest BCUT2D eigenvalue weighted by molar-refractivity contribution is 0.0369. The predicted octanol–water partition coefficient (Wildman–Crippen LogP) is 2.48. The Morgan fingerprint density at radius 1 is 1.03 bits per heavy atom. The van der Waals surface area contributed by atoms with Gasteiger partial charge in [0.05, 0.1) is 30.4 Å². The molecule has 0 bridgehead atoms. The van der Waals surface area contributed by atoms with Gasteiger partial charge in [-0.05, 0) is 30.5 Å². The molecule has 0 atom stereocenters. The van der Waals surface area contributed by atoms with Gasteiger partial charge in [-0.25, -0.2) is 13.4 Å². The number of morpholine rings is 1. The van der Waals surface area contributed by atoms with Crippen LogP contribution in [0.5, 0.6) is 0 Å². The van der Waals surface area contributed by atoms with Crippen LogP contribution in [0.15, 0.2) is 52.5 Å². The molecular formula is C25H27N5O4S2. The SMILES string of the molecule is O=c1c2c3c(sc2ncn1CCCN1CCOCC1)CN(S(=O)(=O)c1cccc2cccnc12)CC3. The van der Waals surface area contributed by atoms with Gasteiger partial charge in [-0.3, -0.25) is 19.2 Å². The van der Waals surface area contributed by atoms with Crippen molar-refractivity contribution in [3.63, 3.8) is 0 Å². The highest BCUT2D eigenvalue weighted by atomic mass is 32.2.